The molecule has 0 heterocycles. The summed E-state index contributed by atoms with van der Waals surface area (Å²) in [6.45, 7) is 4.91. The SMILES string of the molecule is C#CCN(CC1CC1)C(=O)C(C)(C)CCl. The molecule has 0 aliphatic heterocycles. The number of hydrogen-bond donors (Lipinski definition) is 0. The normalized spacial score (nSPS) is 15.9. The third-order valence-corrected chi connectivity index (χ3v) is 3.33. The molecule has 0 aromatic heterocycles. The number of hydrogen-bond acceptors (Lipinski definition) is 1. The zero-order valence-corrected chi connectivity index (χ0v) is 10.2. The Morgan fingerprint density at radius 3 is 2.60 bits per heavy atom. The summed E-state index contributed by atoms with van der Waals surface area (Å²) in [6.07, 6.45) is 7.71. The molecule has 0 bridgehead atoms. The summed E-state index contributed by atoms with van der Waals surface area (Å²) in [7, 11) is 0. The molecule has 1 amide bonds. The van der Waals surface area contributed by atoms with Gasteiger partial charge in [-0.05, 0) is 32.6 Å². The van der Waals surface area contributed by atoms with E-state index in [1.54, 1.807) is 4.90 Å². The Balaban J connectivity index is 2.61. The summed E-state index contributed by atoms with van der Waals surface area (Å²) >= 11 is 5.79. The van der Waals surface area contributed by atoms with Crippen molar-refractivity contribution in [3.8, 4) is 12.3 Å². The highest BCUT2D eigenvalue weighted by atomic mass is 35.5. The minimum atomic E-state index is -0.507. The van der Waals surface area contributed by atoms with Crippen LogP contribution in [0.2, 0.25) is 0 Å². The monoisotopic (exact) mass is 227 g/mol. The van der Waals surface area contributed by atoms with Gasteiger partial charge in [-0.3, -0.25) is 4.79 Å². The lowest BCUT2D eigenvalue weighted by Crippen LogP contribution is -2.43. The molecular weight excluding hydrogens is 210 g/mol. The van der Waals surface area contributed by atoms with E-state index in [9.17, 15) is 4.79 Å². The first-order chi connectivity index (χ1) is 7.01. The van der Waals surface area contributed by atoms with Crippen molar-refractivity contribution in [3.63, 3.8) is 0 Å². The molecule has 15 heavy (non-hydrogen) atoms. The molecule has 0 N–H and O–H groups in total. The molecule has 0 unspecified atom stereocenters. The lowest BCUT2D eigenvalue weighted by molar-refractivity contribution is -0.138. The number of amides is 1. The van der Waals surface area contributed by atoms with Gasteiger partial charge in [-0.15, -0.1) is 18.0 Å². The van der Waals surface area contributed by atoms with Gasteiger partial charge >= 0.3 is 0 Å². The molecule has 1 aliphatic carbocycles. The third kappa shape index (κ3) is 3.43. The van der Waals surface area contributed by atoms with Crippen molar-refractivity contribution in [2.75, 3.05) is 19.0 Å². The number of rotatable bonds is 5. The van der Waals surface area contributed by atoms with Gasteiger partial charge in [-0.2, -0.15) is 0 Å². The first kappa shape index (κ1) is 12.4. The van der Waals surface area contributed by atoms with Crippen molar-refractivity contribution >= 4 is 17.5 Å². The summed E-state index contributed by atoms with van der Waals surface area (Å²) in [4.78, 5) is 13.9. The summed E-state index contributed by atoms with van der Waals surface area (Å²) < 4.78 is 0. The van der Waals surface area contributed by atoms with Crippen LogP contribution in [0.3, 0.4) is 0 Å². The van der Waals surface area contributed by atoms with Crippen LogP contribution in [0.5, 0.6) is 0 Å². The number of terminal acetylenes is 1. The highest BCUT2D eigenvalue weighted by molar-refractivity contribution is 6.19. The number of carbonyl (C=O) groups is 1. The zero-order valence-electron chi connectivity index (χ0n) is 9.42. The lowest BCUT2D eigenvalue weighted by Gasteiger charge is -2.29. The van der Waals surface area contributed by atoms with Crippen molar-refractivity contribution in [3.05, 3.63) is 0 Å². The molecule has 3 heteroatoms. The Bertz CT molecular complexity index is 276. The predicted octanol–water partition coefficient (Wildman–Crippen LogP) is 2.12. The Labute approximate surface area is 97.0 Å². The quantitative estimate of drug-likeness (QED) is 0.521. The molecule has 1 fully saturated rings. The van der Waals surface area contributed by atoms with Gasteiger partial charge in [0, 0.05) is 12.4 Å². The van der Waals surface area contributed by atoms with Crippen molar-refractivity contribution in [2.45, 2.75) is 26.7 Å². The van der Waals surface area contributed by atoms with E-state index in [1.807, 2.05) is 13.8 Å². The molecule has 0 spiro atoms. The molecular formula is C12H18ClNO. The molecule has 0 aromatic carbocycles. The van der Waals surface area contributed by atoms with Crippen molar-refractivity contribution < 1.29 is 4.79 Å². The minimum Gasteiger partial charge on any atom is -0.331 e. The molecule has 84 valence electrons. The van der Waals surface area contributed by atoms with Crippen LogP contribution < -0.4 is 0 Å². The van der Waals surface area contributed by atoms with E-state index in [1.165, 1.54) is 12.8 Å². The highest BCUT2D eigenvalue weighted by Crippen LogP contribution is 2.31. The summed E-state index contributed by atoms with van der Waals surface area (Å²) in [6, 6.07) is 0. The molecule has 2 nitrogen and oxygen atoms in total. The minimum absolute atomic E-state index is 0.0716. The van der Waals surface area contributed by atoms with E-state index < -0.39 is 5.41 Å². The van der Waals surface area contributed by atoms with Crippen LogP contribution in [0.1, 0.15) is 26.7 Å². The van der Waals surface area contributed by atoms with Gasteiger partial charge in [0.2, 0.25) is 5.91 Å². The van der Waals surface area contributed by atoms with E-state index >= 15 is 0 Å². The fourth-order valence-corrected chi connectivity index (χ4v) is 1.54. The molecule has 0 saturated heterocycles. The number of alkyl halides is 1. The zero-order chi connectivity index (χ0) is 11.5. The molecule has 0 radical (unpaired) electrons. The van der Waals surface area contributed by atoms with Gasteiger partial charge in [0.25, 0.3) is 0 Å². The van der Waals surface area contributed by atoms with E-state index in [0.717, 1.165) is 6.54 Å². The van der Waals surface area contributed by atoms with E-state index in [0.29, 0.717) is 18.3 Å². The van der Waals surface area contributed by atoms with Crippen LogP contribution in [0.25, 0.3) is 0 Å². The predicted molar refractivity (Wildman–Crippen MR) is 62.6 cm³/mol. The maximum absolute atomic E-state index is 12.1. The molecule has 1 saturated carbocycles. The number of nitrogens with zero attached hydrogens (tertiary/aromatic N) is 1. The van der Waals surface area contributed by atoms with Crippen LogP contribution >= 0.6 is 11.6 Å². The first-order valence-electron chi connectivity index (χ1n) is 5.30. The van der Waals surface area contributed by atoms with Gasteiger partial charge in [0.1, 0.15) is 0 Å². The average Bonchev–Trinajstić information content (AvgIpc) is 3.00. The van der Waals surface area contributed by atoms with Gasteiger partial charge < -0.3 is 4.90 Å². The molecule has 0 aromatic rings. The van der Waals surface area contributed by atoms with E-state index in [4.69, 9.17) is 18.0 Å². The van der Waals surface area contributed by atoms with Gasteiger partial charge in [-0.1, -0.05) is 5.92 Å². The molecule has 1 aliphatic rings. The molecule has 0 atom stereocenters. The maximum atomic E-state index is 12.1. The van der Waals surface area contributed by atoms with Gasteiger partial charge in [-0.25, -0.2) is 0 Å². The lowest BCUT2D eigenvalue weighted by atomic mass is 9.94. The number of carbonyl (C=O) groups excluding carboxylic acids is 1. The highest BCUT2D eigenvalue weighted by Gasteiger charge is 2.34. The standard InChI is InChI=1S/C12H18ClNO/c1-4-7-14(8-10-5-6-10)11(15)12(2,3)9-13/h1,10H,5-9H2,2-3H3. The fourth-order valence-electron chi connectivity index (χ4n) is 1.43. The van der Waals surface area contributed by atoms with Crippen molar-refractivity contribution in [2.24, 2.45) is 11.3 Å². The third-order valence-electron chi connectivity index (χ3n) is 2.66. The van der Waals surface area contributed by atoms with E-state index in [2.05, 4.69) is 5.92 Å². The van der Waals surface area contributed by atoms with E-state index in [-0.39, 0.29) is 5.91 Å². The van der Waals surface area contributed by atoms with Crippen LogP contribution in [0.4, 0.5) is 0 Å². The number of halogens is 1. The van der Waals surface area contributed by atoms with Crippen LogP contribution in [0, 0.1) is 23.7 Å². The first-order valence-corrected chi connectivity index (χ1v) is 5.83. The van der Waals surface area contributed by atoms with Crippen LogP contribution in [-0.2, 0) is 4.79 Å². The van der Waals surface area contributed by atoms with Crippen molar-refractivity contribution in [1.29, 1.82) is 0 Å². The van der Waals surface area contributed by atoms with Gasteiger partial charge in [0.05, 0.1) is 12.0 Å². The maximum Gasteiger partial charge on any atom is 0.230 e. The summed E-state index contributed by atoms with van der Waals surface area (Å²) in [5, 5.41) is 0. The van der Waals surface area contributed by atoms with Gasteiger partial charge in [0.15, 0.2) is 0 Å². The second kappa shape index (κ2) is 4.90. The Morgan fingerprint density at radius 1 is 1.60 bits per heavy atom. The second-order valence-corrected chi connectivity index (χ2v) is 5.12. The average molecular weight is 228 g/mol. The Morgan fingerprint density at radius 2 is 2.20 bits per heavy atom. The van der Waals surface area contributed by atoms with Crippen LogP contribution in [-0.4, -0.2) is 29.8 Å². The largest absolute Gasteiger partial charge is 0.331 e. The summed E-state index contributed by atoms with van der Waals surface area (Å²) in [5.74, 6) is 3.60. The molecule has 1 rings (SSSR count). The smallest absolute Gasteiger partial charge is 0.230 e. The van der Waals surface area contributed by atoms with Crippen molar-refractivity contribution in [1.82, 2.24) is 4.90 Å². The Kier molecular flexibility index (Phi) is 4.04. The van der Waals surface area contributed by atoms with Crippen LogP contribution in [0.15, 0.2) is 0 Å². The second-order valence-electron chi connectivity index (χ2n) is 4.85. The Hall–Kier alpha value is -0.680. The fraction of sp³-hybridized carbons (Fsp3) is 0.750. The summed E-state index contributed by atoms with van der Waals surface area (Å²) in [5.41, 5.74) is -0.507. The topological polar surface area (TPSA) is 20.3 Å².